The van der Waals surface area contributed by atoms with Gasteiger partial charge in [-0.15, -0.1) is 0 Å². The standard InChI is InChI=1S/C10H8Br2N2O2/c1-2-16-10(15)7-4-13-14-5-6(11)3-8(12)9(7)14/h3-5H,2H2,1H3. The Morgan fingerprint density at radius 1 is 1.56 bits per heavy atom. The van der Waals surface area contributed by atoms with Crippen molar-refractivity contribution in [2.45, 2.75) is 6.92 Å². The van der Waals surface area contributed by atoms with Crippen LogP contribution in [0.1, 0.15) is 17.3 Å². The van der Waals surface area contributed by atoms with Gasteiger partial charge in [0, 0.05) is 15.1 Å². The lowest BCUT2D eigenvalue weighted by Crippen LogP contribution is -2.04. The number of aromatic nitrogens is 2. The van der Waals surface area contributed by atoms with Gasteiger partial charge in [-0.2, -0.15) is 5.10 Å². The quantitative estimate of drug-likeness (QED) is 0.784. The summed E-state index contributed by atoms with van der Waals surface area (Å²) < 4.78 is 8.25. The molecule has 0 aromatic carbocycles. The number of ether oxygens (including phenoxy) is 1. The van der Waals surface area contributed by atoms with Gasteiger partial charge in [0.05, 0.1) is 18.3 Å². The summed E-state index contributed by atoms with van der Waals surface area (Å²) in [5, 5.41) is 4.10. The maximum Gasteiger partial charge on any atom is 0.342 e. The molecular formula is C10H8Br2N2O2. The minimum Gasteiger partial charge on any atom is -0.462 e. The van der Waals surface area contributed by atoms with Gasteiger partial charge >= 0.3 is 5.97 Å². The summed E-state index contributed by atoms with van der Waals surface area (Å²) >= 11 is 6.75. The largest absolute Gasteiger partial charge is 0.462 e. The molecule has 0 aliphatic carbocycles. The number of fused-ring (bicyclic) bond motifs is 1. The Morgan fingerprint density at radius 2 is 2.31 bits per heavy atom. The van der Waals surface area contributed by atoms with Crippen LogP contribution in [0, 0.1) is 0 Å². The van der Waals surface area contributed by atoms with Crippen molar-refractivity contribution in [2.24, 2.45) is 0 Å². The SMILES string of the molecule is CCOC(=O)c1cnn2cc(Br)cc(Br)c12. The highest BCUT2D eigenvalue weighted by Crippen LogP contribution is 2.25. The molecular weight excluding hydrogens is 340 g/mol. The van der Waals surface area contributed by atoms with Crippen molar-refractivity contribution in [1.29, 1.82) is 0 Å². The van der Waals surface area contributed by atoms with E-state index in [-0.39, 0.29) is 5.97 Å². The molecule has 4 nitrogen and oxygen atoms in total. The Hall–Kier alpha value is -0.880. The van der Waals surface area contributed by atoms with Gasteiger partial charge in [0.1, 0.15) is 5.56 Å². The molecule has 0 amide bonds. The van der Waals surface area contributed by atoms with Crippen LogP contribution < -0.4 is 0 Å². The first-order valence-electron chi connectivity index (χ1n) is 4.63. The van der Waals surface area contributed by atoms with Crippen molar-refractivity contribution < 1.29 is 9.53 Å². The van der Waals surface area contributed by atoms with Crippen molar-refractivity contribution in [2.75, 3.05) is 6.61 Å². The molecule has 6 heteroatoms. The number of carbonyl (C=O) groups is 1. The van der Waals surface area contributed by atoms with Gasteiger partial charge in [-0.1, -0.05) is 0 Å². The highest BCUT2D eigenvalue weighted by atomic mass is 79.9. The van der Waals surface area contributed by atoms with Gasteiger partial charge in [0.25, 0.3) is 0 Å². The van der Waals surface area contributed by atoms with Crippen LogP contribution >= 0.6 is 31.9 Å². The number of halogens is 2. The molecule has 0 saturated heterocycles. The molecule has 0 N–H and O–H groups in total. The third-order valence-corrected chi connectivity index (χ3v) is 3.07. The first kappa shape index (κ1) is 11.6. The van der Waals surface area contributed by atoms with Crippen LogP contribution in [0.2, 0.25) is 0 Å². The number of hydrogen-bond acceptors (Lipinski definition) is 3. The van der Waals surface area contributed by atoms with Gasteiger partial charge < -0.3 is 4.74 Å². The van der Waals surface area contributed by atoms with Crippen molar-refractivity contribution in [3.63, 3.8) is 0 Å². The van der Waals surface area contributed by atoms with E-state index in [1.807, 2.05) is 6.07 Å². The van der Waals surface area contributed by atoms with E-state index < -0.39 is 0 Å². The summed E-state index contributed by atoms with van der Waals surface area (Å²) in [4.78, 5) is 11.6. The highest BCUT2D eigenvalue weighted by molar-refractivity contribution is 9.11. The molecule has 0 aliphatic heterocycles. The van der Waals surface area contributed by atoms with Gasteiger partial charge in [0.2, 0.25) is 0 Å². The Bertz CT molecular complexity index is 551. The van der Waals surface area contributed by atoms with E-state index in [0.717, 1.165) is 8.95 Å². The zero-order valence-electron chi connectivity index (χ0n) is 8.41. The molecule has 0 spiro atoms. The first-order valence-corrected chi connectivity index (χ1v) is 6.21. The number of pyridine rings is 1. The fraction of sp³-hybridized carbons (Fsp3) is 0.200. The lowest BCUT2D eigenvalue weighted by atomic mass is 10.2. The van der Waals surface area contributed by atoms with Crippen LogP contribution in [0.4, 0.5) is 0 Å². The molecule has 0 fully saturated rings. The summed E-state index contributed by atoms with van der Waals surface area (Å²) in [5.41, 5.74) is 1.17. The topological polar surface area (TPSA) is 43.6 Å². The molecule has 0 bridgehead atoms. The number of rotatable bonds is 2. The van der Waals surface area contributed by atoms with Crippen LogP contribution in [0.15, 0.2) is 27.4 Å². The molecule has 0 atom stereocenters. The highest BCUT2D eigenvalue weighted by Gasteiger charge is 2.16. The molecule has 0 aliphatic rings. The number of esters is 1. The first-order chi connectivity index (χ1) is 7.63. The van der Waals surface area contributed by atoms with Crippen molar-refractivity contribution >= 4 is 43.3 Å². The zero-order valence-corrected chi connectivity index (χ0v) is 11.6. The molecule has 0 radical (unpaired) electrons. The monoisotopic (exact) mass is 346 g/mol. The molecule has 84 valence electrons. The summed E-state index contributed by atoms with van der Waals surface area (Å²) in [6.07, 6.45) is 3.29. The van der Waals surface area contributed by atoms with Gasteiger partial charge in [0.15, 0.2) is 0 Å². The summed E-state index contributed by atoms with van der Waals surface area (Å²) in [5.74, 6) is -0.361. The molecule has 2 aromatic heterocycles. The average Bonchev–Trinajstić information content (AvgIpc) is 2.61. The number of nitrogens with zero attached hydrogens (tertiary/aromatic N) is 2. The normalized spacial score (nSPS) is 10.7. The summed E-state index contributed by atoms with van der Waals surface area (Å²) in [7, 11) is 0. The van der Waals surface area contributed by atoms with Crippen molar-refractivity contribution in [1.82, 2.24) is 9.61 Å². The minimum atomic E-state index is -0.361. The zero-order chi connectivity index (χ0) is 11.7. The fourth-order valence-corrected chi connectivity index (χ4v) is 2.77. The summed E-state index contributed by atoms with van der Waals surface area (Å²) in [6, 6.07) is 1.86. The maximum atomic E-state index is 11.6. The lowest BCUT2D eigenvalue weighted by Gasteiger charge is -2.02. The van der Waals surface area contributed by atoms with E-state index in [1.54, 1.807) is 17.6 Å². The van der Waals surface area contributed by atoms with E-state index >= 15 is 0 Å². The van der Waals surface area contributed by atoms with E-state index in [1.165, 1.54) is 6.20 Å². The fourth-order valence-electron chi connectivity index (χ4n) is 1.40. The molecule has 2 rings (SSSR count). The predicted octanol–water partition coefficient (Wildman–Crippen LogP) is 3.04. The maximum absolute atomic E-state index is 11.6. The van der Waals surface area contributed by atoms with Gasteiger partial charge in [-0.3, -0.25) is 0 Å². The van der Waals surface area contributed by atoms with E-state index in [4.69, 9.17) is 4.74 Å². The number of carbonyl (C=O) groups excluding carboxylic acids is 1. The molecule has 2 aromatic rings. The third kappa shape index (κ3) is 1.99. The van der Waals surface area contributed by atoms with Crippen LogP contribution in [0.5, 0.6) is 0 Å². The van der Waals surface area contributed by atoms with Crippen molar-refractivity contribution in [3.8, 4) is 0 Å². The second kappa shape index (κ2) is 4.55. The van der Waals surface area contributed by atoms with Crippen LogP contribution in [-0.4, -0.2) is 22.2 Å². The Labute approximate surface area is 109 Å². The minimum absolute atomic E-state index is 0.352. The van der Waals surface area contributed by atoms with Crippen LogP contribution in [0.25, 0.3) is 5.52 Å². The molecule has 0 saturated carbocycles. The second-order valence-electron chi connectivity index (χ2n) is 3.08. The Balaban J connectivity index is 2.60. The van der Waals surface area contributed by atoms with E-state index in [0.29, 0.717) is 17.7 Å². The molecule has 0 unspecified atom stereocenters. The van der Waals surface area contributed by atoms with Crippen molar-refractivity contribution in [3.05, 3.63) is 33.0 Å². The smallest absolute Gasteiger partial charge is 0.342 e. The lowest BCUT2D eigenvalue weighted by molar-refractivity contribution is 0.0528. The van der Waals surface area contributed by atoms with Crippen LogP contribution in [-0.2, 0) is 4.74 Å². The molecule has 2 heterocycles. The van der Waals surface area contributed by atoms with E-state index in [2.05, 4.69) is 37.0 Å². The van der Waals surface area contributed by atoms with Gasteiger partial charge in [-0.25, -0.2) is 9.31 Å². The Kier molecular flexibility index (Phi) is 3.30. The third-order valence-electron chi connectivity index (χ3n) is 2.03. The van der Waals surface area contributed by atoms with Gasteiger partial charge in [-0.05, 0) is 44.8 Å². The van der Waals surface area contributed by atoms with E-state index in [9.17, 15) is 4.79 Å². The molecule has 16 heavy (non-hydrogen) atoms. The summed E-state index contributed by atoms with van der Waals surface area (Å²) in [6.45, 7) is 2.12. The number of hydrogen-bond donors (Lipinski definition) is 0. The van der Waals surface area contributed by atoms with Crippen LogP contribution in [0.3, 0.4) is 0 Å². The predicted molar refractivity (Wildman–Crippen MR) is 66.5 cm³/mol. The average molecular weight is 348 g/mol. The Morgan fingerprint density at radius 3 is 3.00 bits per heavy atom. The second-order valence-corrected chi connectivity index (χ2v) is 4.85.